The molecule has 0 fully saturated rings. The van der Waals surface area contributed by atoms with Crippen molar-refractivity contribution in [2.45, 2.75) is 38.1 Å². The summed E-state index contributed by atoms with van der Waals surface area (Å²) >= 11 is 5.96. The summed E-state index contributed by atoms with van der Waals surface area (Å²) in [5, 5.41) is 3.40. The second-order valence-corrected chi connectivity index (χ2v) is 10.4. The average Bonchev–Trinajstić information content (AvgIpc) is 2.87. The van der Waals surface area contributed by atoms with E-state index < -0.39 is 22.5 Å². The van der Waals surface area contributed by atoms with E-state index in [1.165, 1.54) is 24.3 Å². The summed E-state index contributed by atoms with van der Waals surface area (Å²) < 4.78 is 39.1. The highest BCUT2D eigenvalue weighted by atomic mass is 35.5. The first-order valence-corrected chi connectivity index (χ1v) is 13.5. The van der Waals surface area contributed by atoms with Gasteiger partial charge in [0.25, 0.3) is 10.0 Å². The van der Waals surface area contributed by atoms with Gasteiger partial charge in [-0.25, -0.2) is 8.42 Å². The van der Waals surface area contributed by atoms with Crippen molar-refractivity contribution in [1.29, 1.82) is 0 Å². The summed E-state index contributed by atoms with van der Waals surface area (Å²) in [4.78, 5) is 13.2. The molecule has 0 aliphatic rings. The minimum Gasteiger partial charge on any atom is -0.496 e. The van der Waals surface area contributed by atoms with Gasteiger partial charge in [0.15, 0.2) is 0 Å². The first-order valence-electron chi connectivity index (χ1n) is 11.6. The second kappa shape index (κ2) is 12.1. The van der Waals surface area contributed by atoms with E-state index in [1.807, 2.05) is 39.0 Å². The summed E-state index contributed by atoms with van der Waals surface area (Å²) in [5.74, 6) is 0.938. The Bertz CT molecular complexity index is 1280. The number of methoxy groups -OCH3 is 1. The number of nitrogens with zero attached hydrogens (tertiary/aromatic N) is 1. The van der Waals surface area contributed by atoms with Crippen LogP contribution in [0.4, 0.5) is 5.69 Å². The number of hydrogen-bond acceptors (Lipinski definition) is 5. The number of amides is 1. The molecule has 1 N–H and O–H groups in total. The SMILES string of the molecule is CCOc1ccc(N(CC(=O)NC(CC)c2ccc(OC)c(C)c2)S(=O)(=O)c2ccc(Cl)cc2)cc1. The number of carbonyl (C=O) groups is 1. The van der Waals surface area contributed by atoms with Gasteiger partial charge in [-0.15, -0.1) is 0 Å². The Hall–Kier alpha value is -3.23. The first-order chi connectivity index (χ1) is 17.2. The molecule has 0 aliphatic heterocycles. The normalized spacial score (nSPS) is 12.0. The molecule has 3 aromatic carbocycles. The van der Waals surface area contributed by atoms with E-state index in [1.54, 1.807) is 31.4 Å². The molecule has 1 amide bonds. The molecule has 0 saturated carbocycles. The number of benzene rings is 3. The Labute approximate surface area is 218 Å². The van der Waals surface area contributed by atoms with Gasteiger partial charge in [-0.05, 0) is 86.0 Å². The van der Waals surface area contributed by atoms with Crippen molar-refractivity contribution in [3.05, 3.63) is 82.9 Å². The van der Waals surface area contributed by atoms with Crippen LogP contribution in [-0.4, -0.2) is 34.6 Å². The van der Waals surface area contributed by atoms with Crippen LogP contribution in [0.2, 0.25) is 5.02 Å². The van der Waals surface area contributed by atoms with Gasteiger partial charge in [0, 0.05) is 5.02 Å². The highest BCUT2D eigenvalue weighted by Crippen LogP contribution is 2.28. The van der Waals surface area contributed by atoms with Crippen LogP contribution in [0.25, 0.3) is 0 Å². The smallest absolute Gasteiger partial charge is 0.264 e. The summed E-state index contributed by atoms with van der Waals surface area (Å²) in [7, 11) is -2.45. The fraction of sp³-hybridized carbons (Fsp3) is 0.296. The van der Waals surface area contributed by atoms with Gasteiger partial charge >= 0.3 is 0 Å². The number of aryl methyl sites for hydroxylation is 1. The van der Waals surface area contributed by atoms with E-state index in [0.717, 1.165) is 21.2 Å². The second-order valence-electron chi connectivity index (χ2n) is 8.15. The maximum absolute atomic E-state index is 13.6. The van der Waals surface area contributed by atoms with Crippen molar-refractivity contribution < 1.29 is 22.7 Å². The van der Waals surface area contributed by atoms with Crippen LogP contribution in [0.1, 0.15) is 37.4 Å². The number of carbonyl (C=O) groups excluding carboxylic acids is 1. The van der Waals surface area contributed by atoms with E-state index in [9.17, 15) is 13.2 Å². The lowest BCUT2D eigenvalue weighted by Gasteiger charge is -2.26. The number of hydrogen-bond donors (Lipinski definition) is 1. The topological polar surface area (TPSA) is 84.9 Å². The molecule has 0 saturated heterocycles. The molecule has 0 radical (unpaired) electrons. The first kappa shape index (κ1) is 27.4. The van der Waals surface area contributed by atoms with Gasteiger partial charge in [-0.1, -0.05) is 30.7 Å². The molecule has 9 heteroatoms. The summed E-state index contributed by atoms with van der Waals surface area (Å²) in [5.41, 5.74) is 2.21. The van der Waals surface area contributed by atoms with Crippen LogP contribution >= 0.6 is 11.6 Å². The van der Waals surface area contributed by atoms with Crippen LogP contribution in [0.15, 0.2) is 71.6 Å². The van der Waals surface area contributed by atoms with Crippen LogP contribution in [0, 0.1) is 6.92 Å². The molecular weight excluding hydrogens is 500 g/mol. The minimum absolute atomic E-state index is 0.0337. The van der Waals surface area contributed by atoms with Crippen molar-refractivity contribution in [1.82, 2.24) is 5.32 Å². The number of anilines is 1. The molecule has 0 heterocycles. The molecule has 3 rings (SSSR count). The number of halogens is 1. The summed E-state index contributed by atoms with van der Waals surface area (Å²) in [6.07, 6.45) is 0.629. The van der Waals surface area contributed by atoms with Gasteiger partial charge in [-0.2, -0.15) is 0 Å². The van der Waals surface area contributed by atoms with Crippen LogP contribution in [0.3, 0.4) is 0 Å². The Morgan fingerprint density at radius 2 is 1.69 bits per heavy atom. The Morgan fingerprint density at radius 3 is 2.25 bits per heavy atom. The lowest BCUT2D eigenvalue weighted by Crippen LogP contribution is -2.42. The van der Waals surface area contributed by atoms with Crippen molar-refractivity contribution >= 4 is 33.2 Å². The predicted molar refractivity (Wildman–Crippen MR) is 143 cm³/mol. The van der Waals surface area contributed by atoms with E-state index in [2.05, 4.69) is 5.32 Å². The molecule has 0 aliphatic carbocycles. The van der Waals surface area contributed by atoms with Crippen LogP contribution in [-0.2, 0) is 14.8 Å². The van der Waals surface area contributed by atoms with Crippen molar-refractivity contribution in [3.63, 3.8) is 0 Å². The molecule has 0 spiro atoms. The standard InChI is InChI=1S/C27H31ClN2O5S/c1-5-25(20-7-16-26(34-4)19(3)17-20)29-27(31)18-30(22-10-12-23(13-11-22)35-6-2)36(32,33)24-14-8-21(28)9-15-24/h7-17,25H,5-6,18H2,1-4H3,(H,29,31). The van der Waals surface area contributed by atoms with E-state index in [4.69, 9.17) is 21.1 Å². The molecule has 1 unspecified atom stereocenters. The number of sulfonamides is 1. The minimum atomic E-state index is -4.06. The Morgan fingerprint density at radius 1 is 1.03 bits per heavy atom. The molecule has 7 nitrogen and oxygen atoms in total. The molecule has 1 atom stereocenters. The van der Waals surface area contributed by atoms with Crippen LogP contribution in [0.5, 0.6) is 11.5 Å². The fourth-order valence-corrected chi connectivity index (χ4v) is 5.38. The van der Waals surface area contributed by atoms with Crippen LogP contribution < -0.4 is 19.1 Å². The summed E-state index contributed by atoms with van der Waals surface area (Å²) in [6.45, 7) is 5.84. The maximum atomic E-state index is 13.6. The lowest BCUT2D eigenvalue weighted by atomic mass is 10.0. The third kappa shape index (κ3) is 6.50. The number of nitrogens with one attached hydrogen (secondary N) is 1. The third-order valence-electron chi connectivity index (χ3n) is 5.69. The quantitative estimate of drug-likeness (QED) is 0.353. The van der Waals surface area contributed by atoms with Crippen molar-refractivity contribution in [2.75, 3.05) is 24.6 Å². The van der Waals surface area contributed by atoms with E-state index in [-0.39, 0.29) is 10.9 Å². The van der Waals surface area contributed by atoms with Gasteiger partial charge in [0.1, 0.15) is 18.0 Å². The highest BCUT2D eigenvalue weighted by Gasteiger charge is 2.28. The summed E-state index contributed by atoms with van der Waals surface area (Å²) in [6, 6.07) is 17.9. The largest absolute Gasteiger partial charge is 0.496 e. The van der Waals surface area contributed by atoms with Gasteiger partial charge < -0.3 is 14.8 Å². The molecule has 0 bridgehead atoms. The van der Waals surface area contributed by atoms with E-state index in [0.29, 0.717) is 29.5 Å². The lowest BCUT2D eigenvalue weighted by molar-refractivity contribution is -0.120. The van der Waals surface area contributed by atoms with Gasteiger partial charge in [0.2, 0.25) is 5.91 Å². The molecule has 3 aromatic rings. The zero-order valence-corrected chi connectivity index (χ0v) is 22.4. The zero-order chi connectivity index (χ0) is 26.3. The Balaban J connectivity index is 1.90. The Kier molecular flexibility index (Phi) is 9.23. The number of rotatable bonds is 11. The third-order valence-corrected chi connectivity index (χ3v) is 7.73. The van der Waals surface area contributed by atoms with Crippen molar-refractivity contribution in [2.24, 2.45) is 0 Å². The van der Waals surface area contributed by atoms with E-state index >= 15 is 0 Å². The fourth-order valence-electron chi connectivity index (χ4n) is 3.83. The molecule has 0 aromatic heterocycles. The predicted octanol–water partition coefficient (Wildman–Crippen LogP) is 5.52. The van der Waals surface area contributed by atoms with Gasteiger partial charge in [0.05, 0.1) is 30.3 Å². The van der Waals surface area contributed by atoms with Gasteiger partial charge in [-0.3, -0.25) is 9.10 Å². The average molecular weight is 531 g/mol. The number of ether oxygens (including phenoxy) is 2. The molecule has 36 heavy (non-hydrogen) atoms. The highest BCUT2D eigenvalue weighted by molar-refractivity contribution is 7.92. The molecular formula is C27H31ClN2O5S. The monoisotopic (exact) mass is 530 g/mol. The van der Waals surface area contributed by atoms with Crippen molar-refractivity contribution in [3.8, 4) is 11.5 Å². The molecule has 192 valence electrons. The zero-order valence-electron chi connectivity index (χ0n) is 20.8. The maximum Gasteiger partial charge on any atom is 0.264 e.